The maximum atomic E-state index is 12.4. The Balaban J connectivity index is 0.950. The van der Waals surface area contributed by atoms with Crippen molar-refractivity contribution in [3.8, 4) is 0 Å². The van der Waals surface area contributed by atoms with E-state index in [1.807, 2.05) is 20.8 Å². The number of esters is 3. The number of hydrogen-bond donors (Lipinski definition) is 11. The van der Waals surface area contributed by atoms with Crippen LogP contribution in [0.25, 0.3) is 0 Å². The second-order valence-electron chi connectivity index (χ2n) is 27.3. The Labute approximate surface area is 487 Å². The highest BCUT2D eigenvalue weighted by Crippen LogP contribution is 2.76. The summed E-state index contributed by atoms with van der Waals surface area (Å²) in [5.74, 6) is -4.17. The zero-order chi connectivity index (χ0) is 61.7. The molecule has 0 aromatic heterocycles. The summed E-state index contributed by atoms with van der Waals surface area (Å²) < 4.78 is 65.3. The van der Waals surface area contributed by atoms with Gasteiger partial charge in [0.25, 0.3) is 0 Å². The van der Waals surface area contributed by atoms with Gasteiger partial charge >= 0.3 is 23.9 Å². The number of ether oxygens (including phenoxy) is 11. The quantitative estimate of drug-likeness (QED) is 0.0450. The average Bonchev–Trinajstić information content (AvgIpc) is 0.687. The first kappa shape index (κ1) is 65.3. The molecule has 9 aliphatic rings. The Morgan fingerprint density at radius 3 is 1.87 bits per heavy atom. The number of rotatable bonds is 14. The molecule has 4 saturated heterocycles. The van der Waals surface area contributed by atoms with E-state index >= 15 is 0 Å². The first-order valence-corrected chi connectivity index (χ1v) is 29.5. The molecule has 26 heteroatoms. The third-order valence-corrected chi connectivity index (χ3v) is 21.9. The number of hydrogen-bond acceptors (Lipinski definition) is 25. The van der Waals surface area contributed by atoms with E-state index in [9.17, 15) is 75.3 Å². The monoisotopic (exact) mass is 1200 g/mol. The number of aliphatic hydroxyl groups excluding tert-OH is 10. The molecule has 0 aromatic rings. The molecule has 8 fully saturated rings. The van der Waals surface area contributed by atoms with Crippen molar-refractivity contribution in [3.63, 3.8) is 0 Å². The molecule has 5 aliphatic carbocycles. The number of carbonyl (C=O) groups is 4. The van der Waals surface area contributed by atoms with Crippen molar-refractivity contribution in [2.24, 2.45) is 50.2 Å². The number of aliphatic carboxylic acids is 1. The van der Waals surface area contributed by atoms with Crippen LogP contribution in [0.4, 0.5) is 0 Å². The van der Waals surface area contributed by atoms with Crippen molar-refractivity contribution in [1.82, 2.24) is 0 Å². The largest absolute Gasteiger partial charge is 0.479 e. The van der Waals surface area contributed by atoms with E-state index in [-0.39, 0.29) is 48.4 Å². The van der Waals surface area contributed by atoms with Crippen molar-refractivity contribution in [2.45, 2.75) is 250 Å². The van der Waals surface area contributed by atoms with E-state index in [1.54, 1.807) is 0 Å². The van der Waals surface area contributed by atoms with Crippen molar-refractivity contribution in [3.05, 3.63) is 11.6 Å². The predicted molar refractivity (Wildman–Crippen MR) is 283 cm³/mol. The maximum absolute atomic E-state index is 12.4. The fourth-order valence-electron chi connectivity index (χ4n) is 17.1. The van der Waals surface area contributed by atoms with E-state index < -0.39 is 181 Å². The lowest BCUT2D eigenvalue weighted by Gasteiger charge is -2.72. The van der Waals surface area contributed by atoms with E-state index in [4.69, 9.17) is 52.1 Å². The molecule has 11 N–H and O–H groups in total. The van der Waals surface area contributed by atoms with Gasteiger partial charge in [-0.25, -0.2) is 4.79 Å². The molecule has 4 aliphatic heterocycles. The van der Waals surface area contributed by atoms with Gasteiger partial charge in [0, 0.05) is 31.6 Å². The number of allylic oxidation sites excluding steroid dienone is 2. The molecule has 4 heterocycles. The molecule has 0 spiro atoms. The summed E-state index contributed by atoms with van der Waals surface area (Å²) in [5.41, 5.74) is -2.31. The molecule has 84 heavy (non-hydrogen) atoms. The van der Waals surface area contributed by atoms with Crippen molar-refractivity contribution >= 4 is 23.9 Å². The van der Waals surface area contributed by atoms with Gasteiger partial charge in [0.2, 0.25) is 0 Å². The molecule has 0 aromatic carbocycles. The van der Waals surface area contributed by atoms with Gasteiger partial charge in [-0.3, -0.25) is 14.4 Å². The molecule has 29 atom stereocenters. The summed E-state index contributed by atoms with van der Waals surface area (Å²) in [6, 6.07) is 0. The van der Waals surface area contributed by atoms with Crippen molar-refractivity contribution < 1.29 is 127 Å². The Morgan fingerprint density at radius 1 is 0.595 bits per heavy atom. The van der Waals surface area contributed by atoms with Gasteiger partial charge in [-0.1, -0.05) is 60.1 Å². The lowest BCUT2D eigenvalue weighted by Crippen LogP contribution is -2.69. The van der Waals surface area contributed by atoms with Crippen LogP contribution in [0.1, 0.15) is 121 Å². The molecule has 9 rings (SSSR count). The molecule has 26 nitrogen and oxygen atoms in total. The highest BCUT2D eigenvalue weighted by Gasteiger charge is 2.71. The SMILES string of the molecule is CC(=O)O[C@@H]1[C@@H](OC(C)=O)[C@H](O[C@@H]2[C@@H](O)[C@H](O[C@@H]3[C@H](O)C(C)(C)CC4C5=CCC6[C@@]7(C)CC[C@H](O[C@@H]8O[C@H](C(=O)O)[C@@H](O)[C@H](O)[C@H]8O[C@@H]8O[C@H](CO)[C@H](O)[C@H](O)[C@H]8O)[C@](C)(CO)C7CC[C@@]6(C)[C@]5(C)CC[C@]43C)OC[C@@H]2O)OC[C@H]1OC(C)=O. The van der Waals surface area contributed by atoms with Crippen LogP contribution >= 0.6 is 0 Å². The maximum Gasteiger partial charge on any atom is 0.335 e. The summed E-state index contributed by atoms with van der Waals surface area (Å²) in [6.45, 7) is 16.4. The lowest BCUT2D eigenvalue weighted by molar-refractivity contribution is -0.375. The molecule has 0 radical (unpaired) electrons. The number of carbonyl (C=O) groups excluding carboxylic acids is 3. The highest BCUT2D eigenvalue weighted by atomic mass is 16.8. The van der Waals surface area contributed by atoms with Crippen LogP contribution in [0.2, 0.25) is 0 Å². The second-order valence-corrected chi connectivity index (χ2v) is 27.3. The molecule has 3 unspecified atom stereocenters. The Morgan fingerprint density at radius 2 is 1.24 bits per heavy atom. The topological polar surface area (TPSA) is 392 Å². The van der Waals surface area contributed by atoms with E-state index in [0.717, 1.165) is 27.2 Å². The van der Waals surface area contributed by atoms with Crippen LogP contribution in [0, 0.1) is 50.2 Å². The summed E-state index contributed by atoms with van der Waals surface area (Å²) in [7, 11) is 0. The minimum Gasteiger partial charge on any atom is -0.479 e. The van der Waals surface area contributed by atoms with Crippen LogP contribution in [0.5, 0.6) is 0 Å². The van der Waals surface area contributed by atoms with E-state index in [0.29, 0.717) is 44.9 Å². The summed E-state index contributed by atoms with van der Waals surface area (Å²) in [6.07, 6.45) is -25.6. The van der Waals surface area contributed by atoms with Crippen molar-refractivity contribution in [2.75, 3.05) is 26.4 Å². The fourth-order valence-corrected chi connectivity index (χ4v) is 17.1. The molecule has 4 saturated carbocycles. The summed E-state index contributed by atoms with van der Waals surface area (Å²) in [5, 5.41) is 122. The second kappa shape index (κ2) is 24.0. The van der Waals surface area contributed by atoms with E-state index in [2.05, 4.69) is 33.8 Å². The lowest BCUT2D eigenvalue weighted by atomic mass is 9.33. The third-order valence-electron chi connectivity index (χ3n) is 21.9. The number of aliphatic hydroxyl groups is 10. The summed E-state index contributed by atoms with van der Waals surface area (Å²) >= 11 is 0. The Hall–Kier alpha value is -3.10. The zero-order valence-electron chi connectivity index (χ0n) is 49.5. The zero-order valence-corrected chi connectivity index (χ0v) is 49.5. The first-order valence-electron chi connectivity index (χ1n) is 29.5. The minimum atomic E-state index is -2.05. The van der Waals surface area contributed by atoms with Crippen LogP contribution in [0.15, 0.2) is 11.6 Å². The first-order chi connectivity index (χ1) is 39.2. The van der Waals surface area contributed by atoms with E-state index in [1.165, 1.54) is 5.57 Å². The number of carboxylic acid groups (broad SMARTS) is 1. The van der Waals surface area contributed by atoms with Gasteiger partial charge in [-0.05, 0) is 90.8 Å². The average molecular weight is 1200 g/mol. The molecule has 0 amide bonds. The van der Waals surface area contributed by atoms with Crippen LogP contribution in [0.3, 0.4) is 0 Å². The van der Waals surface area contributed by atoms with Gasteiger partial charge in [-0.2, -0.15) is 0 Å². The van der Waals surface area contributed by atoms with Crippen LogP contribution in [-0.2, 0) is 71.3 Å². The minimum absolute atomic E-state index is 0.0732. The van der Waals surface area contributed by atoms with Gasteiger partial charge in [-0.15, -0.1) is 0 Å². The highest BCUT2D eigenvalue weighted by molar-refractivity contribution is 5.73. The number of fused-ring (bicyclic) bond motifs is 7. The Bertz CT molecular complexity index is 2440. The van der Waals surface area contributed by atoms with Crippen molar-refractivity contribution in [1.29, 1.82) is 0 Å². The predicted octanol–water partition coefficient (Wildman–Crippen LogP) is -0.537. The van der Waals surface area contributed by atoms with Gasteiger partial charge in [0.15, 0.2) is 49.6 Å². The molecular weight excluding hydrogens is 1110 g/mol. The fraction of sp³-hybridized carbons (Fsp3) is 0.897. The van der Waals surface area contributed by atoms with Gasteiger partial charge in [0.05, 0.1) is 44.7 Å². The van der Waals surface area contributed by atoms with Crippen LogP contribution in [-0.4, -0.2) is 235 Å². The third kappa shape index (κ3) is 11.1. The normalized spacial score (nSPS) is 50.9. The van der Waals surface area contributed by atoms with Crippen LogP contribution < -0.4 is 0 Å². The standard InChI is InChI=1S/C58H90O26/c1-24(61)76-31-22-75-51(45(78-26(3)63)42(31)77-25(2)62)81-41-29(64)21-74-49(40(41)70)84-47-46(71)53(4,5)19-28-27-11-12-33-55(7)15-14-34(56(8,23-60)32(55)13-16-58(33,10)57(27,9)18-17-54(28,47)6)80-52-44(38(68)37(67)43(82-52)48(72)73)83-50-39(69)36(66)35(65)30(20-59)79-50/h11,28-47,49-52,59-60,64-71H,12-23H2,1-10H3,(H,72,73)/t28?,29-,30+,31+,32?,33?,34-,35-,36-,37-,38-,39+,40+,41-,42-,43-,44+,45+,46-,47+,49-,50-,51-,52+,54+,55-,56+,57+,58+/m0/s1. The summed E-state index contributed by atoms with van der Waals surface area (Å²) in [4.78, 5) is 49.1. The van der Waals surface area contributed by atoms with Gasteiger partial charge in [0.1, 0.15) is 61.0 Å². The Kier molecular flexibility index (Phi) is 18.7. The number of carboxylic acids is 1. The molecule has 0 bridgehead atoms. The van der Waals surface area contributed by atoms with Gasteiger partial charge < -0.3 is 108 Å². The molecular formula is C58H90O26. The molecule has 478 valence electrons. The smallest absolute Gasteiger partial charge is 0.335 e.